The standard InChI is InChI=1S/C16H20IN9O2/c1-2-25-7-9(6-19-25)20-15-21-13(18)11-12(17)23-26(14(11)22-15)10-4-3-5-24(8-10)16(27)28/h6-7,10H,2-5,8H2,1H3,(H,27,28)(H3,18,20,21,22)/t10-/m1/s1. The number of carboxylic acid groups (broad SMARTS) is 1. The third-order valence-electron chi connectivity index (χ3n) is 4.76. The molecule has 4 heterocycles. The molecule has 0 aromatic carbocycles. The Morgan fingerprint density at radius 1 is 1.46 bits per heavy atom. The van der Waals surface area contributed by atoms with Crippen LogP contribution in [0.3, 0.4) is 0 Å². The third-order valence-corrected chi connectivity index (χ3v) is 5.52. The van der Waals surface area contributed by atoms with Gasteiger partial charge in [0.25, 0.3) is 0 Å². The molecule has 0 saturated carbocycles. The number of carbonyl (C=O) groups is 1. The van der Waals surface area contributed by atoms with E-state index in [2.05, 4.69) is 48.1 Å². The summed E-state index contributed by atoms with van der Waals surface area (Å²) >= 11 is 2.11. The van der Waals surface area contributed by atoms with Crippen molar-refractivity contribution in [2.75, 3.05) is 24.1 Å². The molecule has 3 aromatic rings. The van der Waals surface area contributed by atoms with Gasteiger partial charge in [-0.1, -0.05) is 0 Å². The average molecular weight is 497 g/mol. The van der Waals surface area contributed by atoms with Crippen molar-refractivity contribution in [3.63, 3.8) is 0 Å². The number of nitrogen functional groups attached to an aromatic ring is 1. The minimum absolute atomic E-state index is 0.0964. The number of piperidine rings is 1. The first kappa shape index (κ1) is 18.7. The van der Waals surface area contributed by atoms with Gasteiger partial charge in [0.1, 0.15) is 9.52 Å². The van der Waals surface area contributed by atoms with E-state index in [9.17, 15) is 9.90 Å². The molecule has 3 aromatic heterocycles. The lowest BCUT2D eigenvalue weighted by molar-refractivity contribution is 0.120. The highest BCUT2D eigenvalue weighted by atomic mass is 127. The monoisotopic (exact) mass is 497 g/mol. The molecule has 1 aliphatic heterocycles. The molecule has 1 atom stereocenters. The molecule has 12 heteroatoms. The van der Waals surface area contributed by atoms with Crippen LogP contribution in [-0.2, 0) is 6.54 Å². The molecule has 0 bridgehead atoms. The van der Waals surface area contributed by atoms with Crippen LogP contribution in [0.1, 0.15) is 25.8 Å². The molecule has 28 heavy (non-hydrogen) atoms. The molecule has 0 spiro atoms. The van der Waals surface area contributed by atoms with Crippen LogP contribution in [0.5, 0.6) is 0 Å². The molecule has 0 unspecified atom stereocenters. The Balaban J connectivity index is 1.71. The fourth-order valence-corrected chi connectivity index (χ4v) is 4.14. The first-order chi connectivity index (χ1) is 13.5. The Labute approximate surface area is 174 Å². The minimum atomic E-state index is -0.916. The predicted octanol–water partition coefficient (Wildman–Crippen LogP) is 2.29. The Bertz CT molecular complexity index is 1030. The van der Waals surface area contributed by atoms with Gasteiger partial charge >= 0.3 is 6.09 Å². The second-order valence-corrected chi connectivity index (χ2v) is 7.62. The molecule has 1 aliphatic rings. The van der Waals surface area contributed by atoms with E-state index in [1.54, 1.807) is 15.6 Å². The smallest absolute Gasteiger partial charge is 0.407 e. The van der Waals surface area contributed by atoms with Crippen LogP contribution in [0.2, 0.25) is 0 Å². The third kappa shape index (κ3) is 3.43. The maximum absolute atomic E-state index is 11.4. The first-order valence-electron chi connectivity index (χ1n) is 8.94. The van der Waals surface area contributed by atoms with Crippen LogP contribution in [0.4, 0.5) is 22.2 Å². The summed E-state index contributed by atoms with van der Waals surface area (Å²) < 4.78 is 4.27. The van der Waals surface area contributed by atoms with Gasteiger partial charge < -0.3 is 21.1 Å². The number of hydrogen-bond acceptors (Lipinski definition) is 7. The van der Waals surface area contributed by atoms with E-state index in [-0.39, 0.29) is 6.04 Å². The molecule has 4 N–H and O–H groups in total. The molecule has 1 saturated heterocycles. The summed E-state index contributed by atoms with van der Waals surface area (Å²) in [6, 6.07) is -0.0964. The van der Waals surface area contributed by atoms with Crippen molar-refractivity contribution in [3.05, 3.63) is 16.1 Å². The number of halogens is 1. The highest BCUT2D eigenvalue weighted by Gasteiger charge is 2.28. The zero-order chi connectivity index (χ0) is 19.8. The Kier molecular flexibility index (Phi) is 4.95. The quantitative estimate of drug-likeness (QED) is 0.467. The van der Waals surface area contributed by atoms with Crippen LogP contribution >= 0.6 is 22.6 Å². The topological polar surface area (TPSA) is 140 Å². The summed E-state index contributed by atoms with van der Waals surface area (Å²) in [5, 5.41) is 21.9. The number of hydrogen-bond donors (Lipinski definition) is 3. The number of anilines is 3. The van der Waals surface area contributed by atoms with Crippen LogP contribution in [0.25, 0.3) is 11.0 Å². The van der Waals surface area contributed by atoms with Gasteiger partial charge in [-0.05, 0) is 42.4 Å². The summed E-state index contributed by atoms with van der Waals surface area (Å²) in [5.41, 5.74) is 7.54. The largest absolute Gasteiger partial charge is 0.465 e. The van der Waals surface area contributed by atoms with Gasteiger partial charge in [0.15, 0.2) is 5.65 Å². The van der Waals surface area contributed by atoms with E-state index in [0.29, 0.717) is 39.6 Å². The molecule has 1 amide bonds. The second kappa shape index (κ2) is 7.41. The van der Waals surface area contributed by atoms with Gasteiger partial charge in [-0.25, -0.2) is 9.48 Å². The molecule has 0 aliphatic carbocycles. The van der Waals surface area contributed by atoms with Gasteiger partial charge in [-0.3, -0.25) is 4.68 Å². The van der Waals surface area contributed by atoms with Crippen LogP contribution in [0, 0.1) is 3.70 Å². The molecule has 0 radical (unpaired) electrons. The minimum Gasteiger partial charge on any atom is -0.465 e. The number of rotatable bonds is 4. The predicted molar refractivity (Wildman–Crippen MR) is 112 cm³/mol. The number of nitrogens with one attached hydrogen (secondary N) is 1. The van der Waals surface area contributed by atoms with E-state index in [4.69, 9.17) is 5.73 Å². The number of nitrogens with two attached hydrogens (primary N) is 1. The van der Waals surface area contributed by atoms with Crippen LogP contribution in [-0.4, -0.2) is 58.7 Å². The zero-order valence-corrected chi connectivity index (χ0v) is 17.4. The van der Waals surface area contributed by atoms with Crippen molar-refractivity contribution in [2.45, 2.75) is 32.4 Å². The van der Waals surface area contributed by atoms with E-state index in [1.165, 1.54) is 4.90 Å². The van der Waals surface area contributed by atoms with Crippen molar-refractivity contribution in [1.82, 2.24) is 34.4 Å². The van der Waals surface area contributed by atoms with Gasteiger partial charge in [0.2, 0.25) is 5.95 Å². The molecule has 148 valence electrons. The van der Waals surface area contributed by atoms with Gasteiger partial charge in [0, 0.05) is 25.8 Å². The summed E-state index contributed by atoms with van der Waals surface area (Å²) in [5.74, 6) is 0.682. The second-order valence-electron chi connectivity index (χ2n) is 6.60. The SMILES string of the molecule is CCn1cc(Nc2nc(N)c3c(I)nn([C@@H]4CCCN(C(=O)O)C4)c3n2)cn1. The molecule has 11 nitrogen and oxygen atoms in total. The van der Waals surface area contributed by atoms with Crippen molar-refractivity contribution in [2.24, 2.45) is 0 Å². The molecular formula is C16H20IN9O2. The van der Waals surface area contributed by atoms with Crippen molar-refractivity contribution in [1.29, 1.82) is 0 Å². The molecule has 1 fully saturated rings. The normalized spacial score (nSPS) is 17.2. The van der Waals surface area contributed by atoms with E-state index in [1.807, 2.05) is 13.1 Å². The summed E-state index contributed by atoms with van der Waals surface area (Å²) in [7, 11) is 0. The number of nitrogens with zero attached hydrogens (tertiary/aromatic N) is 7. The maximum Gasteiger partial charge on any atom is 0.407 e. The molecule has 4 rings (SSSR count). The number of aromatic nitrogens is 6. The Hall–Kier alpha value is -2.64. The average Bonchev–Trinajstić information content (AvgIpc) is 3.26. The lowest BCUT2D eigenvalue weighted by atomic mass is 10.1. The Morgan fingerprint density at radius 3 is 3.00 bits per heavy atom. The van der Waals surface area contributed by atoms with Gasteiger partial charge in [-0.15, -0.1) is 0 Å². The summed E-state index contributed by atoms with van der Waals surface area (Å²) in [4.78, 5) is 21.8. The van der Waals surface area contributed by atoms with Crippen molar-refractivity contribution >= 4 is 57.2 Å². The van der Waals surface area contributed by atoms with E-state index in [0.717, 1.165) is 25.1 Å². The number of fused-ring (bicyclic) bond motifs is 1. The lowest BCUT2D eigenvalue weighted by Gasteiger charge is -2.30. The fraction of sp³-hybridized carbons (Fsp3) is 0.438. The summed E-state index contributed by atoms with van der Waals surface area (Å²) in [6.07, 6.45) is 4.24. The highest BCUT2D eigenvalue weighted by Crippen LogP contribution is 2.30. The Morgan fingerprint density at radius 2 is 2.29 bits per heavy atom. The maximum atomic E-state index is 11.4. The summed E-state index contributed by atoms with van der Waals surface area (Å²) in [6.45, 7) is 3.67. The highest BCUT2D eigenvalue weighted by molar-refractivity contribution is 14.1. The fourth-order valence-electron chi connectivity index (χ4n) is 3.39. The van der Waals surface area contributed by atoms with Gasteiger partial charge in [-0.2, -0.15) is 20.2 Å². The van der Waals surface area contributed by atoms with Crippen molar-refractivity contribution < 1.29 is 9.90 Å². The van der Waals surface area contributed by atoms with Crippen LogP contribution in [0.15, 0.2) is 12.4 Å². The number of aryl methyl sites for hydroxylation is 1. The first-order valence-corrected chi connectivity index (χ1v) is 10.0. The van der Waals surface area contributed by atoms with E-state index >= 15 is 0 Å². The number of amides is 1. The van der Waals surface area contributed by atoms with Crippen molar-refractivity contribution in [3.8, 4) is 0 Å². The van der Waals surface area contributed by atoms with Gasteiger partial charge in [0.05, 0.1) is 23.3 Å². The van der Waals surface area contributed by atoms with E-state index < -0.39 is 6.09 Å². The zero-order valence-electron chi connectivity index (χ0n) is 15.2. The lowest BCUT2D eigenvalue weighted by Crippen LogP contribution is -2.40. The van der Waals surface area contributed by atoms with Crippen LogP contribution < -0.4 is 11.1 Å². The number of likely N-dealkylation sites (tertiary alicyclic amines) is 1. The molecular weight excluding hydrogens is 477 g/mol.